The van der Waals surface area contributed by atoms with E-state index in [1.807, 2.05) is 62.4 Å². The zero-order valence-corrected chi connectivity index (χ0v) is 11.1. The lowest BCUT2D eigenvalue weighted by atomic mass is 9.95. The number of benzene rings is 2. The van der Waals surface area contributed by atoms with E-state index in [2.05, 4.69) is 0 Å². The zero-order valence-electron chi connectivity index (χ0n) is 11.1. The molecule has 2 nitrogen and oxygen atoms in total. The highest BCUT2D eigenvalue weighted by atomic mass is 16.4. The number of aliphatic carboxylic acids is 1. The third kappa shape index (κ3) is 3.10. The van der Waals surface area contributed by atoms with Gasteiger partial charge in [-0.3, -0.25) is 0 Å². The average Bonchev–Trinajstić information content (AvgIpc) is 2.40. The fourth-order valence-electron chi connectivity index (χ4n) is 1.98. The van der Waals surface area contributed by atoms with Gasteiger partial charge in [-0.15, -0.1) is 0 Å². The van der Waals surface area contributed by atoms with Gasteiger partial charge < -0.3 is 5.11 Å². The SMILES string of the molecule is Cc1ccc(/C(=C/C(=O)O)c2ccccc2)cc1C. The van der Waals surface area contributed by atoms with E-state index < -0.39 is 5.97 Å². The lowest BCUT2D eigenvalue weighted by Crippen LogP contribution is -1.95. The molecule has 0 heterocycles. The van der Waals surface area contributed by atoms with E-state index in [-0.39, 0.29) is 0 Å². The van der Waals surface area contributed by atoms with Crippen LogP contribution in [0.2, 0.25) is 0 Å². The van der Waals surface area contributed by atoms with Gasteiger partial charge in [-0.05, 0) is 41.7 Å². The molecule has 0 atom stereocenters. The minimum absolute atomic E-state index is 0.733. The first kappa shape index (κ1) is 13.1. The zero-order chi connectivity index (χ0) is 13.8. The summed E-state index contributed by atoms with van der Waals surface area (Å²) in [5.41, 5.74) is 4.93. The molecule has 0 aromatic heterocycles. The predicted octanol–water partition coefficient (Wildman–Crippen LogP) is 3.82. The molecule has 96 valence electrons. The van der Waals surface area contributed by atoms with Gasteiger partial charge in [0.1, 0.15) is 0 Å². The van der Waals surface area contributed by atoms with Gasteiger partial charge in [0.05, 0.1) is 0 Å². The van der Waals surface area contributed by atoms with E-state index in [4.69, 9.17) is 5.11 Å². The van der Waals surface area contributed by atoms with Gasteiger partial charge in [0.2, 0.25) is 0 Å². The molecule has 0 aliphatic rings. The van der Waals surface area contributed by atoms with Crippen molar-refractivity contribution < 1.29 is 9.90 Å². The van der Waals surface area contributed by atoms with E-state index in [0.29, 0.717) is 0 Å². The first-order chi connectivity index (χ1) is 9.08. The third-order valence-corrected chi connectivity index (χ3v) is 3.17. The summed E-state index contributed by atoms with van der Waals surface area (Å²) in [5.74, 6) is -0.933. The van der Waals surface area contributed by atoms with Gasteiger partial charge >= 0.3 is 5.97 Å². The van der Waals surface area contributed by atoms with Crippen molar-refractivity contribution in [2.75, 3.05) is 0 Å². The van der Waals surface area contributed by atoms with Crippen LogP contribution < -0.4 is 0 Å². The van der Waals surface area contributed by atoms with Gasteiger partial charge in [0.15, 0.2) is 0 Å². The predicted molar refractivity (Wildman–Crippen MR) is 77.1 cm³/mol. The third-order valence-electron chi connectivity index (χ3n) is 3.17. The maximum atomic E-state index is 11.0. The maximum Gasteiger partial charge on any atom is 0.328 e. The summed E-state index contributed by atoms with van der Waals surface area (Å²) in [4.78, 5) is 11.0. The van der Waals surface area contributed by atoms with Crippen molar-refractivity contribution in [3.63, 3.8) is 0 Å². The summed E-state index contributed by atoms with van der Waals surface area (Å²) < 4.78 is 0. The summed E-state index contributed by atoms with van der Waals surface area (Å²) in [6.45, 7) is 4.07. The molecular weight excluding hydrogens is 236 g/mol. The van der Waals surface area contributed by atoms with Crippen LogP contribution in [0.5, 0.6) is 0 Å². The van der Waals surface area contributed by atoms with Gasteiger partial charge in [-0.25, -0.2) is 4.79 Å². The Balaban J connectivity index is 2.56. The molecule has 0 unspecified atom stereocenters. The van der Waals surface area contributed by atoms with Crippen molar-refractivity contribution in [1.82, 2.24) is 0 Å². The topological polar surface area (TPSA) is 37.3 Å². The number of hydrogen-bond acceptors (Lipinski definition) is 1. The van der Waals surface area contributed by atoms with E-state index in [1.54, 1.807) is 0 Å². The molecule has 0 saturated carbocycles. The lowest BCUT2D eigenvalue weighted by Gasteiger charge is -2.10. The normalized spacial score (nSPS) is 11.4. The maximum absolute atomic E-state index is 11.0. The Morgan fingerprint density at radius 1 is 0.947 bits per heavy atom. The van der Waals surface area contributed by atoms with Gasteiger partial charge in [0.25, 0.3) is 0 Å². The molecule has 2 rings (SSSR count). The second-order valence-electron chi connectivity index (χ2n) is 4.56. The molecule has 0 amide bonds. The fraction of sp³-hybridized carbons (Fsp3) is 0.118. The average molecular weight is 252 g/mol. The number of carboxylic acid groups (broad SMARTS) is 1. The highest BCUT2D eigenvalue weighted by molar-refractivity contribution is 5.95. The molecule has 2 aromatic rings. The summed E-state index contributed by atoms with van der Waals surface area (Å²) in [6, 6.07) is 15.6. The Bertz CT molecular complexity index is 625. The van der Waals surface area contributed by atoms with Crippen LogP contribution in [0.25, 0.3) is 5.57 Å². The van der Waals surface area contributed by atoms with Crippen LogP contribution in [-0.4, -0.2) is 11.1 Å². The van der Waals surface area contributed by atoms with Crippen LogP contribution in [0, 0.1) is 13.8 Å². The van der Waals surface area contributed by atoms with Crippen molar-refractivity contribution >= 4 is 11.5 Å². The van der Waals surface area contributed by atoms with Crippen molar-refractivity contribution in [2.45, 2.75) is 13.8 Å². The quantitative estimate of drug-likeness (QED) is 0.843. The van der Waals surface area contributed by atoms with Crippen LogP contribution in [-0.2, 0) is 4.79 Å². The van der Waals surface area contributed by atoms with Gasteiger partial charge in [-0.2, -0.15) is 0 Å². The number of aryl methyl sites for hydroxylation is 2. The van der Waals surface area contributed by atoms with Gasteiger partial charge in [-0.1, -0.05) is 48.5 Å². The molecule has 0 spiro atoms. The van der Waals surface area contributed by atoms with Crippen LogP contribution in [0.3, 0.4) is 0 Å². The molecule has 0 radical (unpaired) electrons. The Kier molecular flexibility index (Phi) is 3.81. The monoisotopic (exact) mass is 252 g/mol. The summed E-state index contributed by atoms with van der Waals surface area (Å²) in [7, 11) is 0. The first-order valence-corrected chi connectivity index (χ1v) is 6.15. The van der Waals surface area contributed by atoms with E-state index in [9.17, 15) is 4.79 Å². The molecule has 0 bridgehead atoms. The van der Waals surface area contributed by atoms with Crippen molar-refractivity contribution in [2.24, 2.45) is 0 Å². The first-order valence-electron chi connectivity index (χ1n) is 6.15. The number of hydrogen-bond donors (Lipinski definition) is 1. The Labute approximate surface area is 113 Å². The molecule has 2 heteroatoms. The Morgan fingerprint density at radius 2 is 1.63 bits per heavy atom. The summed E-state index contributed by atoms with van der Waals surface area (Å²) in [5, 5.41) is 9.05. The minimum atomic E-state index is -0.933. The molecule has 2 aromatic carbocycles. The van der Waals surface area contributed by atoms with Crippen LogP contribution >= 0.6 is 0 Å². The minimum Gasteiger partial charge on any atom is -0.478 e. The highest BCUT2D eigenvalue weighted by Gasteiger charge is 2.08. The molecule has 0 aliphatic carbocycles. The van der Waals surface area contributed by atoms with Crippen LogP contribution in [0.4, 0.5) is 0 Å². The standard InChI is InChI=1S/C17H16O2/c1-12-8-9-15(10-13(12)2)16(11-17(18)19)14-6-4-3-5-7-14/h3-11H,1-2H3,(H,18,19)/b16-11+. The molecule has 1 N–H and O–H groups in total. The van der Waals surface area contributed by atoms with E-state index in [0.717, 1.165) is 22.3 Å². The second kappa shape index (κ2) is 5.53. The van der Waals surface area contributed by atoms with Gasteiger partial charge in [0, 0.05) is 6.08 Å². The second-order valence-corrected chi connectivity index (χ2v) is 4.56. The van der Waals surface area contributed by atoms with Crippen molar-refractivity contribution in [3.05, 3.63) is 76.9 Å². The van der Waals surface area contributed by atoms with E-state index >= 15 is 0 Å². The molecule has 0 aliphatic heterocycles. The fourth-order valence-corrected chi connectivity index (χ4v) is 1.98. The molecule has 19 heavy (non-hydrogen) atoms. The summed E-state index contributed by atoms with van der Waals surface area (Å²) >= 11 is 0. The van der Waals surface area contributed by atoms with E-state index in [1.165, 1.54) is 11.6 Å². The molecule has 0 saturated heterocycles. The number of rotatable bonds is 3. The van der Waals surface area contributed by atoms with Crippen molar-refractivity contribution in [3.8, 4) is 0 Å². The summed E-state index contributed by atoms with van der Waals surface area (Å²) in [6.07, 6.45) is 1.26. The highest BCUT2D eigenvalue weighted by Crippen LogP contribution is 2.25. The largest absolute Gasteiger partial charge is 0.478 e. The van der Waals surface area contributed by atoms with Crippen molar-refractivity contribution in [1.29, 1.82) is 0 Å². The molecule has 0 fully saturated rings. The Hall–Kier alpha value is -2.35. The molecular formula is C17H16O2. The van der Waals surface area contributed by atoms with Crippen LogP contribution in [0.15, 0.2) is 54.6 Å². The van der Waals surface area contributed by atoms with Crippen LogP contribution in [0.1, 0.15) is 22.3 Å². The number of carboxylic acids is 1. The lowest BCUT2D eigenvalue weighted by molar-refractivity contribution is -0.131. The number of carbonyl (C=O) groups is 1. The Morgan fingerprint density at radius 3 is 2.21 bits per heavy atom. The smallest absolute Gasteiger partial charge is 0.328 e.